The Hall–Kier alpha value is -3.29. The second-order valence-electron chi connectivity index (χ2n) is 9.74. The van der Waals surface area contributed by atoms with Gasteiger partial charge in [-0.2, -0.15) is 5.10 Å². The fourth-order valence-electron chi connectivity index (χ4n) is 5.20. The molecule has 0 unspecified atom stereocenters. The number of hydrogen-bond acceptors (Lipinski definition) is 7. The SMILES string of the molecule is COC(=O)CC1CCC(Oc2ccc(-c3ccc(-c4n[nH]c(C5CCCCC5)n4)cn3)cn2)CC1. The van der Waals surface area contributed by atoms with Crippen LogP contribution in [0.4, 0.5) is 0 Å². The molecule has 0 radical (unpaired) electrons. The maximum absolute atomic E-state index is 11.5. The normalized spacial score (nSPS) is 20.9. The van der Waals surface area contributed by atoms with Crippen molar-refractivity contribution in [3.05, 3.63) is 42.5 Å². The van der Waals surface area contributed by atoms with E-state index in [4.69, 9.17) is 14.5 Å². The Balaban J connectivity index is 1.16. The summed E-state index contributed by atoms with van der Waals surface area (Å²) >= 11 is 0. The van der Waals surface area contributed by atoms with Gasteiger partial charge in [0.1, 0.15) is 11.9 Å². The molecule has 1 N–H and O–H groups in total. The molecule has 3 heterocycles. The smallest absolute Gasteiger partial charge is 0.305 e. The summed E-state index contributed by atoms with van der Waals surface area (Å²) in [5.74, 6) is 3.09. The van der Waals surface area contributed by atoms with E-state index in [9.17, 15) is 4.79 Å². The quantitative estimate of drug-likeness (QED) is 0.452. The summed E-state index contributed by atoms with van der Waals surface area (Å²) < 4.78 is 10.9. The van der Waals surface area contributed by atoms with Crippen LogP contribution in [-0.2, 0) is 9.53 Å². The average Bonchev–Trinajstić information content (AvgIpc) is 3.41. The molecule has 0 atom stereocenters. The van der Waals surface area contributed by atoms with E-state index in [-0.39, 0.29) is 12.1 Å². The minimum atomic E-state index is -0.127. The van der Waals surface area contributed by atoms with Crippen molar-refractivity contribution < 1.29 is 14.3 Å². The van der Waals surface area contributed by atoms with E-state index < -0.39 is 0 Å². The summed E-state index contributed by atoms with van der Waals surface area (Å²) in [6, 6.07) is 7.87. The summed E-state index contributed by atoms with van der Waals surface area (Å²) in [7, 11) is 1.44. The number of carbonyl (C=O) groups excluding carboxylic acids is 1. The first kappa shape index (κ1) is 23.5. The molecule has 0 amide bonds. The monoisotopic (exact) mass is 475 g/mol. The Morgan fingerprint density at radius 3 is 2.40 bits per heavy atom. The Bertz CT molecular complexity index is 1100. The van der Waals surface area contributed by atoms with E-state index >= 15 is 0 Å². The number of ether oxygens (including phenoxy) is 2. The number of pyridine rings is 2. The minimum Gasteiger partial charge on any atom is -0.474 e. The maximum Gasteiger partial charge on any atom is 0.305 e. The molecule has 2 aliphatic rings. The molecule has 3 aromatic heterocycles. The largest absolute Gasteiger partial charge is 0.474 e. The molecule has 2 saturated carbocycles. The summed E-state index contributed by atoms with van der Waals surface area (Å²) in [6.45, 7) is 0. The first-order valence-electron chi connectivity index (χ1n) is 12.8. The van der Waals surface area contributed by atoms with Crippen molar-refractivity contribution in [3.63, 3.8) is 0 Å². The molecule has 8 heteroatoms. The highest BCUT2D eigenvalue weighted by molar-refractivity contribution is 5.69. The fourth-order valence-corrected chi connectivity index (χ4v) is 5.20. The van der Waals surface area contributed by atoms with Crippen LogP contribution in [0.25, 0.3) is 22.6 Å². The van der Waals surface area contributed by atoms with Crippen molar-refractivity contribution in [1.82, 2.24) is 25.1 Å². The molecule has 35 heavy (non-hydrogen) atoms. The van der Waals surface area contributed by atoms with Crippen molar-refractivity contribution in [1.29, 1.82) is 0 Å². The number of aromatic nitrogens is 5. The van der Waals surface area contributed by atoms with Gasteiger partial charge in [0.2, 0.25) is 5.88 Å². The molecule has 0 saturated heterocycles. The number of carbonyl (C=O) groups is 1. The molecule has 0 spiro atoms. The molecular weight excluding hydrogens is 442 g/mol. The number of aromatic amines is 1. The predicted molar refractivity (Wildman–Crippen MR) is 132 cm³/mol. The van der Waals surface area contributed by atoms with Gasteiger partial charge in [0.15, 0.2) is 5.82 Å². The van der Waals surface area contributed by atoms with E-state index in [1.165, 1.54) is 39.2 Å². The van der Waals surface area contributed by atoms with Crippen molar-refractivity contribution in [2.45, 2.75) is 76.2 Å². The highest BCUT2D eigenvalue weighted by atomic mass is 16.5. The third-order valence-corrected chi connectivity index (χ3v) is 7.31. The zero-order chi connectivity index (χ0) is 24.0. The standard InChI is InChI=1S/C27H33N5O3/c1-34-25(33)15-18-7-11-22(12-8-18)35-24-14-10-20(16-29-24)23-13-9-21(17-28-23)27-30-26(31-32-27)19-5-3-2-4-6-19/h9-10,13-14,16-19,22H,2-8,11-12,15H2,1H3,(H,30,31,32). The minimum absolute atomic E-state index is 0.127. The van der Waals surface area contributed by atoms with Crippen LogP contribution < -0.4 is 4.74 Å². The van der Waals surface area contributed by atoms with Gasteiger partial charge in [0, 0.05) is 41.9 Å². The molecule has 0 aliphatic heterocycles. The predicted octanol–water partition coefficient (Wildman–Crippen LogP) is 5.48. The van der Waals surface area contributed by atoms with Crippen molar-refractivity contribution in [2.75, 3.05) is 7.11 Å². The van der Waals surface area contributed by atoms with Crippen LogP contribution in [0.1, 0.15) is 76.0 Å². The lowest BCUT2D eigenvalue weighted by atomic mass is 9.85. The molecule has 3 aromatic rings. The number of nitrogens with one attached hydrogen (secondary N) is 1. The molecule has 8 nitrogen and oxygen atoms in total. The molecule has 184 valence electrons. The zero-order valence-electron chi connectivity index (χ0n) is 20.3. The number of hydrogen-bond donors (Lipinski definition) is 1. The van der Waals surface area contributed by atoms with Crippen LogP contribution >= 0.6 is 0 Å². The van der Waals surface area contributed by atoms with Crippen LogP contribution in [0.2, 0.25) is 0 Å². The third-order valence-electron chi connectivity index (χ3n) is 7.31. The van der Waals surface area contributed by atoms with Crippen LogP contribution in [0.15, 0.2) is 36.7 Å². The Morgan fingerprint density at radius 1 is 0.943 bits per heavy atom. The lowest BCUT2D eigenvalue weighted by molar-refractivity contribution is -0.142. The van der Waals surface area contributed by atoms with Crippen LogP contribution in [0.5, 0.6) is 5.88 Å². The lowest BCUT2D eigenvalue weighted by Gasteiger charge is -2.28. The molecule has 0 bridgehead atoms. The van der Waals surface area contributed by atoms with E-state index in [2.05, 4.69) is 20.2 Å². The summed E-state index contributed by atoms with van der Waals surface area (Å²) in [4.78, 5) is 25.3. The van der Waals surface area contributed by atoms with Gasteiger partial charge in [-0.15, -0.1) is 0 Å². The highest BCUT2D eigenvalue weighted by Gasteiger charge is 2.25. The summed E-state index contributed by atoms with van der Waals surface area (Å²) in [6.07, 6.45) is 14.3. The van der Waals surface area contributed by atoms with Gasteiger partial charge in [-0.3, -0.25) is 14.9 Å². The third kappa shape index (κ3) is 5.86. The van der Waals surface area contributed by atoms with Gasteiger partial charge in [-0.05, 0) is 62.6 Å². The van der Waals surface area contributed by atoms with Crippen molar-refractivity contribution in [2.24, 2.45) is 5.92 Å². The number of esters is 1. The molecule has 5 rings (SSSR count). The van der Waals surface area contributed by atoms with Crippen molar-refractivity contribution >= 4 is 5.97 Å². The molecule has 2 fully saturated rings. The topological polar surface area (TPSA) is 103 Å². The van der Waals surface area contributed by atoms with E-state index in [1.54, 1.807) is 6.20 Å². The van der Waals surface area contributed by atoms with Crippen LogP contribution in [-0.4, -0.2) is 44.3 Å². The molecule has 2 aliphatic carbocycles. The van der Waals surface area contributed by atoms with Gasteiger partial charge >= 0.3 is 5.97 Å². The number of H-pyrrole nitrogens is 1. The van der Waals surface area contributed by atoms with Gasteiger partial charge < -0.3 is 9.47 Å². The Labute approximate surface area is 205 Å². The molecular formula is C27H33N5O3. The van der Waals surface area contributed by atoms with E-state index in [1.807, 2.05) is 30.5 Å². The highest BCUT2D eigenvalue weighted by Crippen LogP contribution is 2.32. The fraction of sp³-hybridized carbons (Fsp3) is 0.519. The Morgan fingerprint density at radius 2 is 1.71 bits per heavy atom. The summed E-state index contributed by atoms with van der Waals surface area (Å²) in [5.41, 5.74) is 2.69. The van der Waals surface area contributed by atoms with Crippen LogP contribution in [0.3, 0.4) is 0 Å². The number of methoxy groups -OCH3 is 1. The summed E-state index contributed by atoms with van der Waals surface area (Å²) in [5, 5.41) is 7.57. The number of nitrogens with zero attached hydrogens (tertiary/aromatic N) is 4. The Kier molecular flexibility index (Phi) is 7.35. The second-order valence-corrected chi connectivity index (χ2v) is 9.74. The first-order chi connectivity index (χ1) is 17.2. The second kappa shape index (κ2) is 11.0. The lowest BCUT2D eigenvalue weighted by Crippen LogP contribution is -2.25. The van der Waals surface area contributed by atoms with Crippen molar-refractivity contribution in [3.8, 4) is 28.5 Å². The van der Waals surface area contributed by atoms with Gasteiger partial charge in [-0.1, -0.05) is 19.3 Å². The van der Waals surface area contributed by atoms with E-state index in [0.717, 1.165) is 48.3 Å². The number of rotatable bonds is 7. The average molecular weight is 476 g/mol. The van der Waals surface area contributed by atoms with Gasteiger partial charge in [0.05, 0.1) is 12.8 Å². The van der Waals surface area contributed by atoms with Gasteiger partial charge in [0.25, 0.3) is 0 Å². The van der Waals surface area contributed by atoms with E-state index in [0.29, 0.717) is 30.0 Å². The first-order valence-corrected chi connectivity index (χ1v) is 12.8. The molecule has 0 aromatic carbocycles. The van der Waals surface area contributed by atoms with Crippen LogP contribution in [0, 0.1) is 5.92 Å². The zero-order valence-corrected chi connectivity index (χ0v) is 20.3. The maximum atomic E-state index is 11.5. The van der Waals surface area contributed by atoms with Gasteiger partial charge in [-0.25, -0.2) is 9.97 Å².